The zero-order valence-corrected chi connectivity index (χ0v) is 15.1. The van der Waals surface area contributed by atoms with Crippen LogP contribution in [0.4, 0.5) is 5.69 Å². The lowest BCUT2D eigenvalue weighted by atomic mass is 10.1. The van der Waals surface area contributed by atoms with E-state index in [1.807, 2.05) is 25.1 Å². The number of hydrogen-bond donors (Lipinski definition) is 1. The molecule has 0 aliphatic carbocycles. The topological polar surface area (TPSA) is 71.1 Å². The van der Waals surface area contributed by atoms with Gasteiger partial charge in [0, 0.05) is 0 Å². The molecule has 0 unspecified atom stereocenters. The summed E-state index contributed by atoms with van der Waals surface area (Å²) in [6.07, 6.45) is 2.41. The van der Waals surface area contributed by atoms with Crippen molar-refractivity contribution in [3.05, 3.63) is 23.8 Å². The van der Waals surface area contributed by atoms with Crippen LogP contribution in [0.1, 0.15) is 18.4 Å². The molecule has 1 aromatic carbocycles. The van der Waals surface area contributed by atoms with Crippen LogP contribution < -0.4 is 15.0 Å². The van der Waals surface area contributed by atoms with E-state index in [9.17, 15) is 9.59 Å². The first-order valence-corrected chi connectivity index (χ1v) is 9.27. The molecular weight excluding hydrogens is 334 g/mol. The summed E-state index contributed by atoms with van der Waals surface area (Å²) in [4.78, 5) is 28.9. The SMILES string of the molecule is Cc1ccc2c(c1)N(CC(=O)N[C@@H]1COC[C@H]1N1CCCC1)C(=O)CO2. The molecule has 0 spiro atoms. The van der Waals surface area contributed by atoms with Crippen LogP contribution in [-0.2, 0) is 14.3 Å². The van der Waals surface area contributed by atoms with E-state index in [1.165, 1.54) is 17.7 Å². The summed E-state index contributed by atoms with van der Waals surface area (Å²) < 4.78 is 11.1. The Balaban J connectivity index is 1.43. The molecule has 0 radical (unpaired) electrons. The molecule has 3 heterocycles. The van der Waals surface area contributed by atoms with Crippen molar-refractivity contribution in [2.75, 3.05) is 44.4 Å². The molecule has 26 heavy (non-hydrogen) atoms. The number of hydrogen-bond acceptors (Lipinski definition) is 5. The fraction of sp³-hybridized carbons (Fsp3) is 0.579. The maximum absolute atomic E-state index is 12.6. The minimum atomic E-state index is -0.197. The van der Waals surface area contributed by atoms with Gasteiger partial charge < -0.3 is 14.8 Å². The lowest BCUT2D eigenvalue weighted by molar-refractivity contribution is -0.125. The monoisotopic (exact) mass is 359 g/mol. The second-order valence-electron chi connectivity index (χ2n) is 7.26. The Labute approximate surface area is 153 Å². The van der Waals surface area contributed by atoms with Gasteiger partial charge in [-0.1, -0.05) is 6.07 Å². The minimum absolute atomic E-state index is 0.00185. The molecule has 2 fully saturated rings. The first-order chi connectivity index (χ1) is 12.6. The zero-order chi connectivity index (χ0) is 18.1. The van der Waals surface area contributed by atoms with Crippen LogP contribution in [0, 0.1) is 6.92 Å². The molecule has 3 aliphatic heterocycles. The van der Waals surface area contributed by atoms with Crippen LogP contribution >= 0.6 is 0 Å². The largest absolute Gasteiger partial charge is 0.482 e. The first kappa shape index (κ1) is 17.3. The Morgan fingerprint density at radius 3 is 2.88 bits per heavy atom. The van der Waals surface area contributed by atoms with E-state index in [2.05, 4.69) is 10.2 Å². The average Bonchev–Trinajstić information content (AvgIpc) is 3.29. The number of ether oxygens (including phenoxy) is 2. The van der Waals surface area contributed by atoms with Gasteiger partial charge in [0.2, 0.25) is 5.91 Å². The number of benzene rings is 1. The first-order valence-electron chi connectivity index (χ1n) is 9.27. The number of anilines is 1. The second kappa shape index (κ2) is 7.25. The lowest BCUT2D eigenvalue weighted by Crippen LogP contribution is -2.53. The van der Waals surface area contributed by atoms with Crippen molar-refractivity contribution in [3.63, 3.8) is 0 Å². The van der Waals surface area contributed by atoms with E-state index < -0.39 is 0 Å². The van der Waals surface area contributed by atoms with Gasteiger partial charge in [-0.2, -0.15) is 0 Å². The van der Waals surface area contributed by atoms with Crippen molar-refractivity contribution in [1.29, 1.82) is 0 Å². The number of nitrogens with zero attached hydrogens (tertiary/aromatic N) is 2. The minimum Gasteiger partial charge on any atom is -0.482 e. The quantitative estimate of drug-likeness (QED) is 0.857. The average molecular weight is 359 g/mol. The molecule has 1 aromatic rings. The summed E-state index contributed by atoms with van der Waals surface area (Å²) >= 11 is 0. The molecule has 7 heteroatoms. The van der Waals surface area contributed by atoms with Crippen LogP contribution in [0.3, 0.4) is 0 Å². The summed E-state index contributed by atoms with van der Waals surface area (Å²) in [6.45, 7) is 5.23. The van der Waals surface area contributed by atoms with Gasteiger partial charge in [0.25, 0.3) is 5.91 Å². The summed E-state index contributed by atoms with van der Waals surface area (Å²) in [7, 11) is 0. The van der Waals surface area contributed by atoms with Crippen molar-refractivity contribution in [2.24, 2.45) is 0 Å². The molecule has 4 rings (SSSR count). The highest BCUT2D eigenvalue weighted by Crippen LogP contribution is 2.32. The van der Waals surface area contributed by atoms with E-state index in [4.69, 9.17) is 9.47 Å². The van der Waals surface area contributed by atoms with Gasteiger partial charge in [0.1, 0.15) is 12.3 Å². The van der Waals surface area contributed by atoms with Crippen molar-refractivity contribution < 1.29 is 19.1 Å². The number of aryl methyl sites for hydroxylation is 1. The fourth-order valence-electron chi connectivity index (χ4n) is 4.00. The molecule has 2 atom stereocenters. The predicted molar refractivity (Wildman–Crippen MR) is 96.4 cm³/mol. The van der Waals surface area contributed by atoms with E-state index in [-0.39, 0.29) is 37.0 Å². The van der Waals surface area contributed by atoms with Crippen LogP contribution in [0.2, 0.25) is 0 Å². The Hall–Kier alpha value is -2.12. The molecule has 0 aromatic heterocycles. The van der Waals surface area contributed by atoms with Crippen molar-refractivity contribution in [1.82, 2.24) is 10.2 Å². The van der Waals surface area contributed by atoms with Gasteiger partial charge in [-0.25, -0.2) is 0 Å². The predicted octanol–water partition coefficient (Wildman–Crippen LogP) is 0.700. The van der Waals surface area contributed by atoms with Crippen molar-refractivity contribution in [2.45, 2.75) is 31.8 Å². The van der Waals surface area contributed by atoms with Gasteiger partial charge in [-0.05, 0) is 50.6 Å². The van der Waals surface area contributed by atoms with E-state index in [0.29, 0.717) is 24.7 Å². The zero-order valence-electron chi connectivity index (χ0n) is 15.1. The number of rotatable bonds is 4. The third kappa shape index (κ3) is 3.41. The Morgan fingerprint density at radius 1 is 1.27 bits per heavy atom. The Bertz CT molecular complexity index is 702. The van der Waals surface area contributed by atoms with E-state index >= 15 is 0 Å². The summed E-state index contributed by atoms with van der Waals surface area (Å²) in [5.41, 5.74) is 1.68. The summed E-state index contributed by atoms with van der Waals surface area (Å²) in [5.74, 6) is 0.284. The molecule has 3 aliphatic rings. The maximum atomic E-state index is 12.6. The molecule has 0 saturated carbocycles. The number of carbonyl (C=O) groups is 2. The van der Waals surface area contributed by atoms with Crippen molar-refractivity contribution >= 4 is 17.5 Å². The van der Waals surface area contributed by atoms with Crippen LogP contribution in [0.25, 0.3) is 0 Å². The van der Waals surface area contributed by atoms with E-state index in [1.54, 1.807) is 0 Å². The lowest BCUT2D eigenvalue weighted by Gasteiger charge is -2.31. The number of amides is 2. The highest BCUT2D eigenvalue weighted by Gasteiger charge is 2.36. The van der Waals surface area contributed by atoms with Gasteiger partial charge in [0.15, 0.2) is 6.61 Å². The van der Waals surface area contributed by atoms with Gasteiger partial charge in [0.05, 0.1) is 31.0 Å². The molecule has 0 bridgehead atoms. The third-order valence-electron chi connectivity index (χ3n) is 5.37. The van der Waals surface area contributed by atoms with E-state index in [0.717, 1.165) is 18.7 Å². The molecular formula is C19H25N3O4. The number of carbonyl (C=O) groups excluding carboxylic acids is 2. The number of fused-ring (bicyclic) bond motifs is 1. The smallest absolute Gasteiger partial charge is 0.265 e. The molecule has 2 saturated heterocycles. The highest BCUT2D eigenvalue weighted by molar-refractivity contribution is 6.02. The molecule has 140 valence electrons. The van der Waals surface area contributed by atoms with Gasteiger partial charge in [-0.15, -0.1) is 0 Å². The van der Waals surface area contributed by atoms with Gasteiger partial charge >= 0.3 is 0 Å². The Morgan fingerprint density at radius 2 is 2.08 bits per heavy atom. The molecule has 2 amide bonds. The van der Waals surface area contributed by atoms with Crippen LogP contribution in [-0.4, -0.2) is 68.3 Å². The summed E-state index contributed by atoms with van der Waals surface area (Å²) in [5, 5.41) is 3.08. The number of nitrogens with one attached hydrogen (secondary N) is 1. The van der Waals surface area contributed by atoms with Gasteiger partial charge in [-0.3, -0.25) is 19.4 Å². The Kier molecular flexibility index (Phi) is 4.82. The van der Waals surface area contributed by atoms with Crippen LogP contribution in [0.5, 0.6) is 5.75 Å². The highest BCUT2D eigenvalue weighted by atomic mass is 16.5. The standard InChI is InChI=1S/C19H25N3O4/c1-13-4-5-17-15(8-13)22(19(24)12-26-17)9-18(23)20-14-10-25-11-16(14)21-6-2-3-7-21/h4-5,8,14,16H,2-3,6-7,9-12H2,1H3,(H,20,23)/t14-,16-/m1/s1. The van der Waals surface area contributed by atoms with Crippen LogP contribution in [0.15, 0.2) is 18.2 Å². The number of likely N-dealkylation sites (tertiary alicyclic amines) is 1. The molecule has 7 nitrogen and oxygen atoms in total. The maximum Gasteiger partial charge on any atom is 0.265 e. The summed E-state index contributed by atoms with van der Waals surface area (Å²) in [6, 6.07) is 5.87. The normalized spacial score (nSPS) is 25.9. The second-order valence-corrected chi connectivity index (χ2v) is 7.26. The fourth-order valence-corrected chi connectivity index (χ4v) is 4.00. The van der Waals surface area contributed by atoms with Crippen molar-refractivity contribution in [3.8, 4) is 5.75 Å². The third-order valence-corrected chi connectivity index (χ3v) is 5.37. The molecule has 1 N–H and O–H groups in total.